The second-order valence-electron chi connectivity index (χ2n) is 3.34. The van der Waals surface area contributed by atoms with Crippen molar-refractivity contribution < 1.29 is 9.59 Å². The van der Waals surface area contributed by atoms with Crippen molar-refractivity contribution in [2.45, 2.75) is 32.6 Å². The fourth-order valence-electron chi connectivity index (χ4n) is 1.20. The number of unbranched alkanes of at least 4 members (excludes halogenated alkanes) is 1. The largest absolute Gasteiger partial charge is 0.234 e. The van der Waals surface area contributed by atoms with Gasteiger partial charge in [-0.1, -0.05) is 19.8 Å². The predicted octanol–water partition coefficient (Wildman–Crippen LogP) is 1.85. The van der Waals surface area contributed by atoms with Crippen molar-refractivity contribution in [3.8, 4) is 0 Å². The SMILES string of the molecule is CC(CCCCN=C=O)CCN=C=O. The van der Waals surface area contributed by atoms with E-state index in [1.54, 1.807) is 0 Å². The molecule has 0 aliphatic heterocycles. The Labute approximate surface area is 84.1 Å². The minimum Gasteiger partial charge on any atom is -0.211 e. The molecule has 0 rings (SSSR count). The van der Waals surface area contributed by atoms with Gasteiger partial charge in [0.2, 0.25) is 12.2 Å². The first-order valence-corrected chi connectivity index (χ1v) is 4.88. The number of carbonyl (C=O) groups excluding carboxylic acids is 2. The molecule has 0 spiro atoms. The highest BCUT2D eigenvalue weighted by molar-refractivity contribution is 5.32. The third kappa shape index (κ3) is 8.85. The Bertz CT molecular complexity index is 228. The minimum absolute atomic E-state index is 0.562. The Balaban J connectivity index is 3.29. The van der Waals surface area contributed by atoms with Crippen molar-refractivity contribution in [2.75, 3.05) is 13.1 Å². The molecule has 0 aliphatic rings. The van der Waals surface area contributed by atoms with Crippen LogP contribution in [0.4, 0.5) is 0 Å². The summed E-state index contributed by atoms with van der Waals surface area (Å²) in [6.45, 7) is 3.27. The van der Waals surface area contributed by atoms with Crippen molar-refractivity contribution in [2.24, 2.45) is 15.9 Å². The van der Waals surface area contributed by atoms with E-state index in [-0.39, 0.29) is 0 Å². The van der Waals surface area contributed by atoms with Gasteiger partial charge in [0.25, 0.3) is 0 Å². The van der Waals surface area contributed by atoms with E-state index >= 15 is 0 Å². The third-order valence-corrected chi connectivity index (χ3v) is 2.08. The number of hydrogen-bond donors (Lipinski definition) is 0. The quantitative estimate of drug-likeness (QED) is 0.338. The third-order valence-electron chi connectivity index (χ3n) is 2.08. The van der Waals surface area contributed by atoms with E-state index in [2.05, 4.69) is 16.9 Å². The first kappa shape index (κ1) is 12.8. The highest BCUT2D eigenvalue weighted by Gasteiger charge is 2.00. The molecule has 0 aromatic heterocycles. The maximum absolute atomic E-state index is 9.78. The van der Waals surface area contributed by atoms with Crippen molar-refractivity contribution in [3.05, 3.63) is 0 Å². The molecule has 0 aromatic carbocycles. The molecule has 0 saturated carbocycles. The van der Waals surface area contributed by atoms with E-state index in [0.29, 0.717) is 19.0 Å². The normalized spacial score (nSPS) is 11.2. The van der Waals surface area contributed by atoms with Crippen LogP contribution in [0.1, 0.15) is 32.6 Å². The van der Waals surface area contributed by atoms with Crippen LogP contribution >= 0.6 is 0 Å². The Morgan fingerprint density at radius 1 is 1.00 bits per heavy atom. The molecule has 0 aromatic rings. The zero-order chi connectivity index (χ0) is 10.6. The molecule has 0 N–H and O–H groups in total. The summed E-state index contributed by atoms with van der Waals surface area (Å²) >= 11 is 0. The van der Waals surface area contributed by atoms with Crippen LogP contribution in [0.15, 0.2) is 9.98 Å². The summed E-state index contributed by atoms with van der Waals surface area (Å²) in [5, 5.41) is 0. The summed E-state index contributed by atoms with van der Waals surface area (Å²) in [6, 6.07) is 0. The van der Waals surface area contributed by atoms with E-state index in [1.807, 2.05) is 0 Å². The van der Waals surface area contributed by atoms with Crippen LogP contribution in [0.25, 0.3) is 0 Å². The van der Waals surface area contributed by atoms with E-state index < -0.39 is 0 Å². The first-order chi connectivity index (χ1) is 6.81. The molecule has 78 valence electrons. The van der Waals surface area contributed by atoms with Gasteiger partial charge in [-0.15, -0.1) is 0 Å². The lowest BCUT2D eigenvalue weighted by atomic mass is 10.0. The number of aliphatic imine (C=N–C) groups is 2. The Morgan fingerprint density at radius 3 is 2.29 bits per heavy atom. The molecule has 1 atom stereocenters. The molecular weight excluding hydrogens is 180 g/mol. The standard InChI is InChI=1S/C10H16N2O2/c1-10(5-7-12-9-14)4-2-3-6-11-8-13/h10H,2-7H2,1H3. The molecule has 0 bridgehead atoms. The lowest BCUT2D eigenvalue weighted by Gasteiger charge is -2.07. The predicted molar refractivity (Wildman–Crippen MR) is 53.6 cm³/mol. The fourth-order valence-corrected chi connectivity index (χ4v) is 1.20. The summed E-state index contributed by atoms with van der Waals surface area (Å²) < 4.78 is 0. The van der Waals surface area contributed by atoms with Crippen LogP contribution in [-0.4, -0.2) is 25.2 Å². The Kier molecular flexibility index (Phi) is 8.97. The highest BCUT2D eigenvalue weighted by atomic mass is 16.1. The average molecular weight is 196 g/mol. The topological polar surface area (TPSA) is 58.9 Å². The zero-order valence-corrected chi connectivity index (χ0v) is 8.53. The molecule has 0 fully saturated rings. The van der Waals surface area contributed by atoms with Crippen molar-refractivity contribution in [1.82, 2.24) is 0 Å². The van der Waals surface area contributed by atoms with Crippen molar-refractivity contribution >= 4 is 12.2 Å². The average Bonchev–Trinajstić information content (AvgIpc) is 2.18. The van der Waals surface area contributed by atoms with Gasteiger partial charge in [-0.25, -0.2) is 19.6 Å². The van der Waals surface area contributed by atoms with E-state index in [0.717, 1.165) is 25.7 Å². The molecule has 0 aliphatic carbocycles. The molecule has 0 amide bonds. The number of isocyanates is 2. The molecule has 0 saturated heterocycles. The summed E-state index contributed by atoms with van der Waals surface area (Å²) in [5.74, 6) is 0.562. The summed E-state index contributed by atoms with van der Waals surface area (Å²) in [7, 11) is 0. The van der Waals surface area contributed by atoms with Gasteiger partial charge in [0.1, 0.15) is 0 Å². The van der Waals surface area contributed by atoms with Crippen molar-refractivity contribution in [1.29, 1.82) is 0 Å². The smallest absolute Gasteiger partial charge is 0.211 e. The van der Waals surface area contributed by atoms with Gasteiger partial charge in [-0.2, -0.15) is 0 Å². The number of nitrogens with zero attached hydrogens (tertiary/aromatic N) is 2. The van der Waals surface area contributed by atoms with Crippen LogP contribution in [0.5, 0.6) is 0 Å². The molecule has 0 heterocycles. The van der Waals surface area contributed by atoms with Crippen LogP contribution in [0, 0.1) is 5.92 Å². The fraction of sp³-hybridized carbons (Fsp3) is 0.800. The summed E-state index contributed by atoms with van der Waals surface area (Å²) in [5.41, 5.74) is 0. The maximum Gasteiger partial charge on any atom is 0.234 e. The maximum atomic E-state index is 9.78. The Hall–Kier alpha value is -1.24. The van der Waals surface area contributed by atoms with Gasteiger partial charge in [0.05, 0.1) is 13.1 Å². The molecule has 4 heteroatoms. The monoisotopic (exact) mass is 196 g/mol. The number of hydrogen-bond acceptors (Lipinski definition) is 4. The van der Waals surface area contributed by atoms with E-state index in [9.17, 15) is 9.59 Å². The second kappa shape index (κ2) is 9.85. The highest BCUT2D eigenvalue weighted by Crippen LogP contribution is 2.11. The zero-order valence-electron chi connectivity index (χ0n) is 8.53. The van der Waals surface area contributed by atoms with Gasteiger partial charge < -0.3 is 0 Å². The van der Waals surface area contributed by atoms with Crippen LogP contribution < -0.4 is 0 Å². The van der Waals surface area contributed by atoms with Gasteiger partial charge >= 0.3 is 0 Å². The van der Waals surface area contributed by atoms with E-state index in [1.165, 1.54) is 12.2 Å². The Morgan fingerprint density at radius 2 is 1.64 bits per heavy atom. The molecule has 0 radical (unpaired) electrons. The minimum atomic E-state index is 0.562. The lowest BCUT2D eigenvalue weighted by Crippen LogP contribution is -1.97. The number of rotatable bonds is 8. The van der Waals surface area contributed by atoms with E-state index in [4.69, 9.17) is 0 Å². The summed E-state index contributed by atoms with van der Waals surface area (Å²) in [6.07, 6.45) is 7.03. The molecule has 1 unspecified atom stereocenters. The van der Waals surface area contributed by atoms with Crippen molar-refractivity contribution in [3.63, 3.8) is 0 Å². The summed E-state index contributed by atoms with van der Waals surface area (Å²) in [4.78, 5) is 26.5. The first-order valence-electron chi connectivity index (χ1n) is 4.88. The second-order valence-corrected chi connectivity index (χ2v) is 3.34. The lowest BCUT2D eigenvalue weighted by molar-refractivity contribution is 0.472. The van der Waals surface area contributed by atoms with Crippen LogP contribution in [0.3, 0.4) is 0 Å². The van der Waals surface area contributed by atoms with Gasteiger partial charge in [-0.3, -0.25) is 0 Å². The van der Waals surface area contributed by atoms with Crippen LogP contribution in [0.2, 0.25) is 0 Å². The van der Waals surface area contributed by atoms with Crippen LogP contribution in [-0.2, 0) is 9.59 Å². The molecule has 4 nitrogen and oxygen atoms in total. The molecular formula is C10H16N2O2. The van der Waals surface area contributed by atoms with Gasteiger partial charge in [-0.05, 0) is 18.8 Å². The van der Waals surface area contributed by atoms with Gasteiger partial charge in [0, 0.05) is 0 Å². The molecule has 14 heavy (non-hydrogen) atoms. The van der Waals surface area contributed by atoms with Gasteiger partial charge in [0.15, 0.2) is 0 Å².